The highest BCUT2D eigenvalue weighted by Crippen LogP contribution is 2.30. The van der Waals surface area contributed by atoms with Gasteiger partial charge < -0.3 is 10.2 Å². The number of aliphatic hydroxyl groups excluding tert-OH is 1. The molecule has 240 valence electrons. The minimum absolute atomic E-state index is 0.212. The number of unbranched alkanes of at least 4 members (excludes halogenated alkanes) is 14. The van der Waals surface area contributed by atoms with Gasteiger partial charge in [-0.3, -0.25) is 14.4 Å². The van der Waals surface area contributed by atoms with Crippen molar-refractivity contribution in [1.29, 1.82) is 0 Å². The first-order valence-corrected chi connectivity index (χ1v) is 17.1. The molecule has 0 saturated heterocycles. The maximum Gasteiger partial charge on any atom is 0.303 e. The molecular weight excluding hydrogens is 595 g/mol. The number of fused-ring (bicyclic) bond motifs is 3. The molecule has 0 aliphatic carbocycles. The van der Waals surface area contributed by atoms with Crippen LogP contribution in [0.2, 0.25) is 10.0 Å². The maximum atomic E-state index is 10.3. The molecule has 1 aliphatic heterocycles. The van der Waals surface area contributed by atoms with E-state index >= 15 is 0 Å². The monoisotopic (exact) mass is 642 g/mol. The number of nitrogens with zero attached hydrogens (tertiary/aromatic N) is 4. The summed E-state index contributed by atoms with van der Waals surface area (Å²) in [6.07, 6.45) is 20.2. The molecule has 0 unspecified atom stereocenters. The van der Waals surface area contributed by atoms with Crippen LogP contribution in [0.15, 0.2) is 47.5 Å². The SMILES string of the molecule is CCCCCCCCCCCCCCCCCC(=O)O.OCc1nnc2n1-c1ccc(Cl)cc1C(c1ccccc1Cl)=NC2. The second-order valence-corrected chi connectivity index (χ2v) is 12.3. The molecular formula is C35H48Cl2N4O3. The van der Waals surface area contributed by atoms with E-state index in [0.717, 1.165) is 35.4 Å². The second-order valence-electron chi connectivity index (χ2n) is 11.4. The Balaban J connectivity index is 0.000000246. The van der Waals surface area contributed by atoms with Crippen LogP contribution in [0.3, 0.4) is 0 Å². The molecule has 0 bridgehead atoms. The Kier molecular flexibility index (Phi) is 16.5. The molecule has 9 heteroatoms. The van der Waals surface area contributed by atoms with Crippen LogP contribution >= 0.6 is 23.2 Å². The minimum Gasteiger partial charge on any atom is -0.481 e. The molecule has 3 aromatic rings. The topological polar surface area (TPSA) is 101 Å². The van der Waals surface area contributed by atoms with Crippen LogP contribution in [0.1, 0.15) is 132 Å². The lowest BCUT2D eigenvalue weighted by molar-refractivity contribution is -0.137. The van der Waals surface area contributed by atoms with Gasteiger partial charge >= 0.3 is 5.97 Å². The van der Waals surface area contributed by atoms with Gasteiger partial charge in [0.15, 0.2) is 11.6 Å². The zero-order chi connectivity index (χ0) is 31.6. The number of aromatic nitrogens is 3. The van der Waals surface area contributed by atoms with Gasteiger partial charge in [-0.2, -0.15) is 0 Å². The highest BCUT2D eigenvalue weighted by molar-refractivity contribution is 6.36. The Morgan fingerprint density at radius 1 is 0.795 bits per heavy atom. The number of hydrogen-bond donors (Lipinski definition) is 2. The van der Waals surface area contributed by atoms with Gasteiger partial charge in [0.05, 0.1) is 11.4 Å². The van der Waals surface area contributed by atoms with Crippen molar-refractivity contribution in [3.63, 3.8) is 0 Å². The average molecular weight is 644 g/mol. The van der Waals surface area contributed by atoms with Gasteiger partial charge in [-0.05, 0) is 30.7 Å². The largest absolute Gasteiger partial charge is 0.481 e. The molecule has 0 saturated carbocycles. The normalized spacial score (nSPS) is 12.0. The van der Waals surface area contributed by atoms with E-state index < -0.39 is 5.97 Å². The van der Waals surface area contributed by atoms with Gasteiger partial charge in [0.1, 0.15) is 13.2 Å². The van der Waals surface area contributed by atoms with Crippen molar-refractivity contribution in [2.75, 3.05) is 0 Å². The number of carboxylic acids is 1. The number of halogens is 2. The second kappa shape index (κ2) is 20.3. The van der Waals surface area contributed by atoms with Crippen LogP contribution in [0.4, 0.5) is 0 Å². The summed E-state index contributed by atoms with van der Waals surface area (Å²) in [6, 6.07) is 13.1. The van der Waals surface area contributed by atoms with Gasteiger partial charge in [-0.15, -0.1) is 10.2 Å². The van der Waals surface area contributed by atoms with E-state index in [4.69, 9.17) is 33.3 Å². The summed E-state index contributed by atoms with van der Waals surface area (Å²) >= 11 is 12.6. The summed E-state index contributed by atoms with van der Waals surface area (Å²) in [5, 5.41) is 27.5. The lowest BCUT2D eigenvalue weighted by Gasteiger charge is -2.14. The Hall–Kier alpha value is -2.74. The fourth-order valence-electron chi connectivity index (χ4n) is 5.50. The Bertz CT molecular complexity index is 1330. The van der Waals surface area contributed by atoms with Crippen LogP contribution in [0.25, 0.3) is 5.69 Å². The van der Waals surface area contributed by atoms with Crippen LogP contribution in [0, 0.1) is 0 Å². The molecule has 0 spiro atoms. The number of carbonyl (C=O) groups is 1. The highest BCUT2D eigenvalue weighted by atomic mass is 35.5. The van der Waals surface area contributed by atoms with E-state index in [1.165, 1.54) is 83.5 Å². The molecule has 44 heavy (non-hydrogen) atoms. The van der Waals surface area contributed by atoms with Crippen LogP contribution in [-0.4, -0.2) is 36.7 Å². The van der Waals surface area contributed by atoms with Crippen molar-refractivity contribution >= 4 is 34.9 Å². The van der Waals surface area contributed by atoms with Gasteiger partial charge in [0.25, 0.3) is 0 Å². The molecule has 0 radical (unpaired) electrons. The van der Waals surface area contributed by atoms with Gasteiger partial charge in [0, 0.05) is 27.6 Å². The first kappa shape index (κ1) is 35.7. The smallest absolute Gasteiger partial charge is 0.303 e. The molecule has 1 aliphatic rings. The first-order valence-electron chi connectivity index (χ1n) is 16.3. The van der Waals surface area contributed by atoms with Crippen LogP contribution < -0.4 is 0 Å². The quantitative estimate of drug-likeness (QED) is 0.134. The van der Waals surface area contributed by atoms with E-state index in [1.807, 2.05) is 41.0 Å². The number of hydrogen-bond acceptors (Lipinski definition) is 5. The van der Waals surface area contributed by atoms with Gasteiger partial charge in [-0.1, -0.05) is 138 Å². The summed E-state index contributed by atoms with van der Waals surface area (Å²) in [6.45, 7) is 2.39. The van der Waals surface area contributed by atoms with Gasteiger partial charge in [0.2, 0.25) is 0 Å². The van der Waals surface area contributed by atoms with Gasteiger partial charge in [-0.25, -0.2) is 0 Å². The Morgan fingerprint density at radius 3 is 1.95 bits per heavy atom. The molecule has 0 fully saturated rings. The first-order chi connectivity index (χ1) is 21.5. The van der Waals surface area contributed by atoms with Crippen molar-refractivity contribution in [3.8, 4) is 5.69 Å². The van der Waals surface area contributed by atoms with Crippen molar-refractivity contribution < 1.29 is 15.0 Å². The number of aliphatic imine (C=N–C) groups is 1. The predicted molar refractivity (Wildman–Crippen MR) is 180 cm³/mol. The highest BCUT2D eigenvalue weighted by Gasteiger charge is 2.23. The van der Waals surface area contributed by atoms with E-state index in [2.05, 4.69) is 17.1 Å². The third-order valence-electron chi connectivity index (χ3n) is 7.89. The van der Waals surface area contributed by atoms with Crippen LogP contribution in [0.5, 0.6) is 0 Å². The van der Waals surface area contributed by atoms with E-state index in [1.54, 1.807) is 6.07 Å². The molecule has 2 N–H and O–H groups in total. The fraction of sp³-hybridized carbons (Fsp3) is 0.543. The fourth-order valence-corrected chi connectivity index (χ4v) is 5.89. The molecule has 4 rings (SSSR count). The van der Waals surface area contributed by atoms with E-state index in [9.17, 15) is 9.90 Å². The molecule has 1 aromatic heterocycles. The van der Waals surface area contributed by atoms with E-state index in [0.29, 0.717) is 34.7 Å². The van der Waals surface area contributed by atoms with Crippen molar-refractivity contribution in [2.24, 2.45) is 4.99 Å². The molecule has 0 amide bonds. The standard InChI is InChI=1S/C18H36O2.C17H12Cl2N4O/c1-2-3-4-5-6-7-8-9-10-11-12-13-14-15-16-17-18(19)20;18-10-5-6-14-12(7-10)17(11-3-1-2-4-13(11)19)20-8-15-21-22-16(9-24)23(14)15/h2-17H2,1H3,(H,19,20);1-7,24H,8-9H2. The lowest BCUT2D eigenvalue weighted by atomic mass is 10.0. The molecule has 2 aromatic carbocycles. The molecule has 2 heterocycles. The lowest BCUT2D eigenvalue weighted by Crippen LogP contribution is -2.10. The number of rotatable bonds is 18. The third kappa shape index (κ3) is 11.6. The summed E-state index contributed by atoms with van der Waals surface area (Å²) in [5.41, 5.74) is 3.21. The molecule has 7 nitrogen and oxygen atoms in total. The summed E-state index contributed by atoms with van der Waals surface area (Å²) in [4.78, 5) is 15.0. The zero-order valence-corrected chi connectivity index (χ0v) is 27.6. The zero-order valence-electron chi connectivity index (χ0n) is 26.1. The predicted octanol–water partition coefficient (Wildman–Crippen LogP) is 9.75. The molecule has 0 atom stereocenters. The summed E-state index contributed by atoms with van der Waals surface area (Å²) in [7, 11) is 0. The average Bonchev–Trinajstić information content (AvgIpc) is 3.36. The Morgan fingerprint density at radius 2 is 1.39 bits per heavy atom. The number of benzene rings is 2. The Labute approximate surface area is 272 Å². The number of aliphatic hydroxyl groups is 1. The summed E-state index contributed by atoms with van der Waals surface area (Å²) < 4.78 is 1.82. The van der Waals surface area contributed by atoms with Crippen molar-refractivity contribution in [1.82, 2.24) is 14.8 Å². The van der Waals surface area contributed by atoms with Crippen LogP contribution in [-0.2, 0) is 17.9 Å². The maximum absolute atomic E-state index is 10.3. The number of aliphatic carboxylic acids is 1. The van der Waals surface area contributed by atoms with Crippen molar-refractivity contribution in [3.05, 3.63) is 75.3 Å². The number of carboxylic acid groups (broad SMARTS) is 1. The third-order valence-corrected chi connectivity index (χ3v) is 8.46. The van der Waals surface area contributed by atoms with E-state index in [-0.39, 0.29) is 6.61 Å². The van der Waals surface area contributed by atoms with Crippen molar-refractivity contribution in [2.45, 2.75) is 123 Å². The summed E-state index contributed by atoms with van der Waals surface area (Å²) in [5.74, 6) is 0.466. The minimum atomic E-state index is -0.653.